The van der Waals surface area contributed by atoms with Crippen LogP contribution in [0.15, 0.2) is 28.7 Å². The first-order valence-electron chi connectivity index (χ1n) is 7.88. The van der Waals surface area contributed by atoms with Crippen molar-refractivity contribution >= 4 is 15.9 Å². The van der Waals surface area contributed by atoms with Crippen LogP contribution in [0.5, 0.6) is 0 Å². The average Bonchev–Trinajstić information content (AvgIpc) is 2.48. The Morgan fingerprint density at radius 2 is 2.10 bits per heavy atom. The Kier molecular flexibility index (Phi) is 9.92. The van der Waals surface area contributed by atoms with Crippen LogP contribution in [-0.4, -0.2) is 31.0 Å². The molecule has 1 aromatic rings. The predicted octanol–water partition coefficient (Wildman–Crippen LogP) is 4.06. The highest BCUT2D eigenvalue weighted by atomic mass is 79.9. The van der Waals surface area contributed by atoms with E-state index in [9.17, 15) is 5.11 Å². The highest BCUT2D eigenvalue weighted by molar-refractivity contribution is 9.10. The molecule has 0 heterocycles. The van der Waals surface area contributed by atoms with Crippen LogP contribution < -0.4 is 5.32 Å². The molecule has 0 fully saturated rings. The third-order valence-corrected chi connectivity index (χ3v) is 3.95. The summed E-state index contributed by atoms with van der Waals surface area (Å²) in [7, 11) is 0. The number of hydrogen-bond acceptors (Lipinski definition) is 3. The van der Waals surface area contributed by atoms with E-state index in [4.69, 9.17) is 4.74 Å². The van der Waals surface area contributed by atoms with Crippen LogP contribution in [0.4, 0.5) is 0 Å². The fourth-order valence-electron chi connectivity index (χ4n) is 2.12. The topological polar surface area (TPSA) is 41.5 Å². The van der Waals surface area contributed by atoms with Crippen LogP contribution in [-0.2, 0) is 4.74 Å². The lowest BCUT2D eigenvalue weighted by molar-refractivity contribution is 0.0343. The van der Waals surface area contributed by atoms with E-state index in [-0.39, 0.29) is 6.04 Å². The lowest BCUT2D eigenvalue weighted by Gasteiger charge is -2.18. The Hall–Kier alpha value is -0.420. The molecule has 0 spiro atoms. The van der Waals surface area contributed by atoms with Crippen LogP contribution >= 0.6 is 15.9 Å². The van der Waals surface area contributed by atoms with Crippen LogP contribution in [0, 0.1) is 0 Å². The minimum Gasteiger partial charge on any atom is -0.389 e. The summed E-state index contributed by atoms with van der Waals surface area (Å²) in [5, 5.41) is 13.2. The molecule has 0 aliphatic rings. The van der Waals surface area contributed by atoms with Gasteiger partial charge in [-0.25, -0.2) is 0 Å². The van der Waals surface area contributed by atoms with Crippen LogP contribution in [0.2, 0.25) is 0 Å². The van der Waals surface area contributed by atoms with Gasteiger partial charge in [0.15, 0.2) is 0 Å². The maximum Gasteiger partial charge on any atom is 0.0897 e. The Bertz CT molecular complexity index is 387. The quantitative estimate of drug-likeness (QED) is 0.586. The van der Waals surface area contributed by atoms with Gasteiger partial charge in [-0.1, -0.05) is 54.2 Å². The molecule has 2 N–H and O–H groups in total. The van der Waals surface area contributed by atoms with Gasteiger partial charge in [0.05, 0.1) is 12.7 Å². The van der Waals surface area contributed by atoms with Crippen molar-refractivity contribution in [1.82, 2.24) is 5.32 Å². The highest BCUT2D eigenvalue weighted by Crippen LogP contribution is 2.17. The third-order valence-electron chi connectivity index (χ3n) is 3.46. The third kappa shape index (κ3) is 8.57. The Morgan fingerprint density at radius 3 is 2.81 bits per heavy atom. The second kappa shape index (κ2) is 11.2. The van der Waals surface area contributed by atoms with E-state index < -0.39 is 6.10 Å². The molecule has 21 heavy (non-hydrogen) atoms. The largest absolute Gasteiger partial charge is 0.389 e. The van der Waals surface area contributed by atoms with Gasteiger partial charge in [-0.3, -0.25) is 0 Å². The number of ether oxygens (including phenoxy) is 1. The Morgan fingerprint density at radius 1 is 1.29 bits per heavy atom. The molecule has 2 atom stereocenters. The van der Waals surface area contributed by atoms with Gasteiger partial charge < -0.3 is 15.2 Å². The second-order valence-electron chi connectivity index (χ2n) is 5.47. The molecule has 4 heteroatoms. The molecular formula is C17H28BrNO2. The van der Waals surface area contributed by atoms with Crippen LogP contribution in [0.25, 0.3) is 0 Å². The molecule has 0 aromatic heterocycles. The van der Waals surface area contributed by atoms with Crippen molar-refractivity contribution in [3.63, 3.8) is 0 Å². The number of unbranched alkanes of at least 4 members (excludes halogenated alkanes) is 3. The monoisotopic (exact) mass is 357 g/mol. The second-order valence-corrected chi connectivity index (χ2v) is 6.39. The van der Waals surface area contributed by atoms with E-state index >= 15 is 0 Å². The van der Waals surface area contributed by atoms with E-state index in [0.717, 1.165) is 17.5 Å². The summed E-state index contributed by atoms with van der Waals surface area (Å²) in [6.45, 7) is 5.99. The van der Waals surface area contributed by atoms with Gasteiger partial charge in [0, 0.05) is 23.7 Å². The zero-order valence-corrected chi connectivity index (χ0v) is 14.7. The minimum absolute atomic E-state index is 0.210. The van der Waals surface area contributed by atoms with E-state index in [1.807, 2.05) is 12.1 Å². The summed E-state index contributed by atoms with van der Waals surface area (Å²) < 4.78 is 6.58. The van der Waals surface area contributed by atoms with E-state index in [1.165, 1.54) is 24.8 Å². The number of aliphatic hydroxyl groups excluding tert-OH is 1. The van der Waals surface area contributed by atoms with Gasteiger partial charge in [-0.2, -0.15) is 0 Å². The molecular weight excluding hydrogens is 330 g/mol. The number of benzene rings is 1. The van der Waals surface area contributed by atoms with E-state index in [0.29, 0.717) is 13.2 Å². The molecule has 0 radical (unpaired) electrons. The minimum atomic E-state index is -0.453. The molecule has 0 bridgehead atoms. The maximum atomic E-state index is 9.91. The van der Waals surface area contributed by atoms with E-state index in [2.05, 4.69) is 47.2 Å². The fraction of sp³-hybridized carbons (Fsp3) is 0.647. The summed E-state index contributed by atoms with van der Waals surface area (Å²) in [5.74, 6) is 0. The SMILES string of the molecule is CCCCCCOCC(O)CN[C@@H](C)c1cccc(Br)c1. The predicted molar refractivity (Wildman–Crippen MR) is 91.5 cm³/mol. The standard InChI is InChI=1S/C17H28BrNO2/c1-3-4-5-6-10-21-13-17(20)12-19-14(2)15-8-7-9-16(18)11-15/h7-9,11,14,17,19-20H,3-6,10,12-13H2,1-2H3/t14-,17?/m0/s1. The van der Waals surface area contributed by atoms with Crippen molar-refractivity contribution in [2.45, 2.75) is 51.7 Å². The first-order valence-corrected chi connectivity index (χ1v) is 8.67. The van der Waals surface area contributed by atoms with Crippen molar-refractivity contribution in [2.75, 3.05) is 19.8 Å². The molecule has 0 saturated carbocycles. The van der Waals surface area contributed by atoms with Crippen molar-refractivity contribution < 1.29 is 9.84 Å². The Labute approximate surface area is 137 Å². The molecule has 0 saturated heterocycles. The molecule has 3 nitrogen and oxygen atoms in total. The number of halogens is 1. The maximum absolute atomic E-state index is 9.91. The van der Waals surface area contributed by atoms with Crippen LogP contribution in [0.1, 0.15) is 51.1 Å². The molecule has 0 aliphatic heterocycles. The first-order chi connectivity index (χ1) is 10.1. The highest BCUT2D eigenvalue weighted by Gasteiger charge is 2.09. The number of nitrogens with one attached hydrogen (secondary N) is 1. The first kappa shape index (κ1) is 18.6. The lowest BCUT2D eigenvalue weighted by atomic mass is 10.1. The molecule has 1 unspecified atom stereocenters. The molecule has 1 aromatic carbocycles. The smallest absolute Gasteiger partial charge is 0.0897 e. The zero-order valence-electron chi connectivity index (χ0n) is 13.1. The summed E-state index contributed by atoms with van der Waals surface area (Å²) in [5.41, 5.74) is 1.21. The van der Waals surface area contributed by atoms with Gasteiger partial charge in [-0.15, -0.1) is 0 Å². The van der Waals surface area contributed by atoms with Gasteiger partial charge >= 0.3 is 0 Å². The average molecular weight is 358 g/mol. The number of aliphatic hydroxyl groups is 1. The Balaban J connectivity index is 2.13. The van der Waals surface area contributed by atoms with Crippen molar-refractivity contribution in [3.8, 4) is 0 Å². The van der Waals surface area contributed by atoms with Crippen molar-refractivity contribution in [2.24, 2.45) is 0 Å². The zero-order chi connectivity index (χ0) is 15.5. The lowest BCUT2D eigenvalue weighted by Crippen LogP contribution is -2.32. The molecule has 120 valence electrons. The van der Waals surface area contributed by atoms with E-state index in [1.54, 1.807) is 0 Å². The molecule has 0 aliphatic carbocycles. The van der Waals surface area contributed by atoms with Gasteiger partial charge in [-0.05, 0) is 31.0 Å². The van der Waals surface area contributed by atoms with Crippen molar-refractivity contribution in [1.29, 1.82) is 0 Å². The van der Waals surface area contributed by atoms with Gasteiger partial charge in [0.1, 0.15) is 0 Å². The molecule has 1 rings (SSSR count). The summed E-state index contributed by atoms with van der Waals surface area (Å²) in [4.78, 5) is 0. The van der Waals surface area contributed by atoms with Gasteiger partial charge in [0.25, 0.3) is 0 Å². The summed E-state index contributed by atoms with van der Waals surface area (Å²) in [6.07, 6.45) is 4.34. The summed E-state index contributed by atoms with van der Waals surface area (Å²) >= 11 is 3.47. The molecule has 0 amide bonds. The number of rotatable bonds is 11. The number of hydrogen-bond donors (Lipinski definition) is 2. The van der Waals surface area contributed by atoms with Crippen molar-refractivity contribution in [3.05, 3.63) is 34.3 Å². The van der Waals surface area contributed by atoms with Gasteiger partial charge in [0.2, 0.25) is 0 Å². The normalized spacial score (nSPS) is 14.1. The fourth-order valence-corrected chi connectivity index (χ4v) is 2.53. The summed E-state index contributed by atoms with van der Waals surface area (Å²) in [6, 6.07) is 8.42. The van der Waals surface area contributed by atoms with Crippen LogP contribution in [0.3, 0.4) is 0 Å².